The molecule has 0 aliphatic heterocycles. The van der Waals surface area contributed by atoms with E-state index in [9.17, 15) is 9.90 Å². The number of carbonyl (C=O) groups is 1. The molecule has 0 radical (unpaired) electrons. The second-order valence-electron chi connectivity index (χ2n) is 4.64. The van der Waals surface area contributed by atoms with E-state index >= 15 is 0 Å². The summed E-state index contributed by atoms with van der Waals surface area (Å²) in [5, 5.41) is 12.2. The average molecular weight is 281 g/mol. The van der Waals surface area contributed by atoms with Gasteiger partial charge in [0.2, 0.25) is 0 Å². The zero-order chi connectivity index (χ0) is 15.0. The first-order chi connectivity index (χ1) is 9.54. The number of benzene rings is 1. The Morgan fingerprint density at radius 2 is 1.95 bits per heavy atom. The minimum atomic E-state index is -0.560. The van der Waals surface area contributed by atoms with Crippen molar-refractivity contribution >= 4 is 5.91 Å². The van der Waals surface area contributed by atoms with Gasteiger partial charge in [0, 0.05) is 20.3 Å². The SMILES string of the molecule is COCCCNC(=O)C(C)Oc1ccc([C@@H](C)O)cc1. The van der Waals surface area contributed by atoms with Crippen molar-refractivity contribution in [2.75, 3.05) is 20.3 Å². The molecule has 1 rings (SSSR count). The number of carbonyl (C=O) groups excluding carboxylic acids is 1. The molecule has 0 heterocycles. The Labute approximate surface area is 119 Å². The molecule has 0 fully saturated rings. The molecule has 0 aliphatic carbocycles. The third kappa shape index (κ3) is 5.59. The highest BCUT2D eigenvalue weighted by Gasteiger charge is 2.14. The maximum absolute atomic E-state index is 11.8. The van der Waals surface area contributed by atoms with Crippen molar-refractivity contribution in [1.29, 1.82) is 0 Å². The lowest BCUT2D eigenvalue weighted by molar-refractivity contribution is -0.127. The van der Waals surface area contributed by atoms with Gasteiger partial charge < -0.3 is 19.9 Å². The standard InChI is InChI=1S/C15H23NO4/c1-11(17)13-5-7-14(8-6-13)20-12(2)15(18)16-9-4-10-19-3/h5-8,11-12,17H,4,9-10H2,1-3H3,(H,16,18)/t11-,12?/m1/s1. The molecule has 1 aromatic rings. The van der Waals surface area contributed by atoms with Crippen LogP contribution in [0.4, 0.5) is 0 Å². The van der Waals surface area contributed by atoms with Gasteiger partial charge in [-0.3, -0.25) is 4.79 Å². The predicted octanol–water partition coefficient (Wildman–Crippen LogP) is 1.66. The first-order valence-corrected chi connectivity index (χ1v) is 6.76. The highest BCUT2D eigenvalue weighted by Crippen LogP contribution is 2.18. The van der Waals surface area contributed by atoms with Crippen molar-refractivity contribution in [3.63, 3.8) is 0 Å². The summed E-state index contributed by atoms with van der Waals surface area (Å²) in [6, 6.07) is 7.06. The van der Waals surface area contributed by atoms with Crippen LogP contribution in [0.15, 0.2) is 24.3 Å². The minimum absolute atomic E-state index is 0.152. The van der Waals surface area contributed by atoms with E-state index in [1.807, 2.05) is 0 Å². The molecule has 20 heavy (non-hydrogen) atoms. The number of amides is 1. The third-order valence-electron chi connectivity index (χ3n) is 2.87. The molecule has 0 saturated heterocycles. The molecule has 0 aromatic heterocycles. The average Bonchev–Trinajstić information content (AvgIpc) is 2.44. The Kier molecular flexibility index (Phi) is 7.04. The predicted molar refractivity (Wildman–Crippen MR) is 76.7 cm³/mol. The van der Waals surface area contributed by atoms with Crippen LogP contribution in [0, 0.1) is 0 Å². The summed E-state index contributed by atoms with van der Waals surface area (Å²) >= 11 is 0. The van der Waals surface area contributed by atoms with Gasteiger partial charge in [-0.1, -0.05) is 12.1 Å². The van der Waals surface area contributed by atoms with E-state index in [-0.39, 0.29) is 5.91 Å². The second kappa shape index (κ2) is 8.55. The highest BCUT2D eigenvalue weighted by molar-refractivity contribution is 5.80. The number of hydrogen-bond acceptors (Lipinski definition) is 4. The van der Waals surface area contributed by atoms with Gasteiger partial charge in [-0.2, -0.15) is 0 Å². The van der Waals surface area contributed by atoms with Crippen molar-refractivity contribution < 1.29 is 19.4 Å². The number of ether oxygens (including phenoxy) is 2. The quantitative estimate of drug-likeness (QED) is 0.711. The number of aliphatic hydroxyl groups excluding tert-OH is 1. The Morgan fingerprint density at radius 3 is 2.50 bits per heavy atom. The van der Waals surface area contributed by atoms with Crippen LogP contribution >= 0.6 is 0 Å². The van der Waals surface area contributed by atoms with E-state index < -0.39 is 12.2 Å². The molecular formula is C15H23NO4. The van der Waals surface area contributed by atoms with Crippen LogP contribution in [0.3, 0.4) is 0 Å². The van der Waals surface area contributed by atoms with E-state index in [1.54, 1.807) is 45.2 Å². The Bertz CT molecular complexity index is 403. The van der Waals surface area contributed by atoms with Crippen LogP contribution in [-0.4, -0.2) is 37.4 Å². The van der Waals surface area contributed by atoms with Crippen LogP contribution in [0.5, 0.6) is 5.75 Å². The Morgan fingerprint density at radius 1 is 1.30 bits per heavy atom. The van der Waals surface area contributed by atoms with Gasteiger partial charge in [0.05, 0.1) is 6.10 Å². The normalized spacial score (nSPS) is 13.6. The second-order valence-corrected chi connectivity index (χ2v) is 4.64. The first kappa shape index (κ1) is 16.5. The van der Waals surface area contributed by atoms with Crippen LogP contribution in [0.2, 0.25) is 0 Å². The molecule has 0 bridgehead atoms. The first-order valence-electron chi connectivity index (χ1n) is 6.76. The number of hydrogen-bond donors (Lipinski definition) is 2. The molecule has 0 saturated carbocycles. The van der Waals surface area contributed by atoms with Crippen molar-refractivity contribution in [2.45, 2.75) is 32.5 Å². The summed E-state index contributed by atoms with van der Waals surface area (Å²) in [6.45, 7) is 4.60. The molecule has 5 nitrogen and oxygen atoms in total. The van der Waals surface area contributed by atoms with E-state index in [2.05, 4.69) is 5.32 Å². The summed E-state index contributed by atoms with van der Waals surface area (Å²) in [5.41, 5.74) is 0.814. The third-order valence-corrected chi connectivity index (χ3v) is 2.87. The molecular weight excluding hydrogens is 258 g/mol. The van der Waals surface area contributed by atoms with E-state index in [4.69, 9.17) is 9.47 Å². The molecule has 1 aromatic carbocycles. The van der Waals surface area contributed by atoms with Crippen molar-refractivity contribution in [1.82, 2.24) is 5.32 Å². The molecule has 1 amide bonds. The highest BCUT2D eigenvalue weighted by atomic mass is 16.5. The fourth-order valence-corrected chi connectivity index (χ4v) is 1.65. The van der Waals surface area contributed by atoms with Gasteiger partial charge in [0.25, 0.3) is 5.91 Å². The van der Waals surface area contributed by atoms with Crippen LogP contribution in [0.25, 0.3) is 0 Å². The fraction of sp³-hybridized carbons (Fsp3) is 0.533. The van der Waals surface area contributed by atoms with Gasteiger partial charge in [0.15, 0.2) is 6.10 Å². The van der Waals surface area contributed by atoms with Crippen LogP contribution < -0.4 is 10.1 Å². The summed E-state index contributed by atoms with van der Waals surface area (Å²) < 4.78 is 10.5. The van der Waals surface area contributed by atoms with Crippen molar-refractivity contribution in [3.8, 4) is 5.75 Å². The lowest BCUT2D eigenvalue weighted by atomic mass is 10.1. The van der Waals surface area contributed by atoms with Gasteiger partial charge in [0.1, 0.15) is 5.75 Å². The number of methoxy groups -OCH3 is 1. The number of rotatable bonds is 8. The number of aliphatic hydroxyl groups is 1. The maximum Gasteiger partial charge on any atom is 0.260 e. The monoisotopic (exact) mass is 281 g/mol. The van der Waals surface area contributed by atoms with E-state index in [0.717, 1.165) is 12.0 Å². The fourth-order valence-electron chi connectivity index (χ4n) is 1.65. The largest absolute Gasteiger partial charge is 0.481 e. The van der Waals surface area contributed by atoms with Crippen LogP contribution in [-0.2, 0) is 9.53 Å². The minimum Gasteiger partial charge on any atom is -0.481 e. The number of nitrogens with one attached hydrogen (secondary N) is 1. The molecule has 2 atom stereocenters. The molecule has 2 N–H and O–H groups in total. The Balaban J connectivity index is 2.40. The van der Waals surface area contributed by atoms with Crippen molar-refractivity contribution in [2.24, 2.45) is 0 Å². The van der Waals surface area contributed by atoms with Gasteiger partial charge >= 0.3 is 0 Å². The van der Waals surface area contributed by atoms with Crippen molar-refractivity contribution in [3.05, 3.63) is 29.8 Å². The molecule has 0 aliphatic rings. The van der Waals surface area contributed by atoms with Gasteiger partial charge in [-0.15, -0.1) is 0 Å². The zero-order valence-corrected chi connectivity index (χ0v) is 12.3. The van der Waals surface area contributed by atoms with Gasteiger partial charge in [-0.05, 0) is 38.0 Å². The van der Waals surface area contributed by atoms with E-state index in [0.29, 0.717) is 18.9 Å². The summed E-state index contributed by atoms with van der Waals surface area (Å²) in [5.74, 6) is 0.453. The molecule has 0 spiro atoms. The van der Waals surface area contributed by atoms with E-state index in [1.165, 1.54) is 0 Å². The lowest BCUT2D eigenvalue weighted by Gasteiger charge is -2.15. The lowest BCUT2D eigenvalue weighted by Crippen LogP contribution is -2.37. The molecule has 1 unspecified atom stereocenters. The maximum atomic E-state index is 11.8. The van der Waals surface area contributed by atoms with Crippen LogP contribution in [0.1, 0.15) is 31.9 Å². The molecule has 5 heteroatoms. The summed E-state index contributed by atoms with van der Waals surface area (Å²) in [6.07, 6.45) is -0.293. The smallest absolute Gasteiger partial charge is 0.260 e. The Hall–Kier alpha value is -1.59. The topological polar surface area (TPSA) is 67.8 Å². The summed E-state index contributed by atoms with van der Waals surface area (Å²) in [7, 11) is 1.63. The summed E-state index contributed by atoms with van der Waals surface area (Å²) in [4.78, 5) is 11.8. The zero-order valence-electron chi connectivity index (χ0n) is 12.3. The van der Waals surface area contributed by atoms with Gasteiger partial charge in [-0.25, -0.2) is 0 Å². The molecule has 112 valence electrons.